The van der Waals surface area contributed by atoms with Crippen molar-refractivity contribution in [2.45, 2.75) is 73.6 Å². The van der Waals surface area contributed by atoms with Crippen LogP contribution >= 0.6 is 0 Å². The van der Waals surface area contributed by atoms with Crippen molar-refractivity contribution in [2.24, 2.45) is 0 Å². The molecule has 0 saturated carbocycles. The van der Waals surface area contributed by atoms with Gasteiger partial charge in [-0.25, -0.2) is 15.0 Å². The molecule has 3 nitrogen and oxygen atoms in total. The molecule has 3 aromatic carbocycles. The van der Waals surface area contributed by atoms with Gasteiger partial charge in [0.2, 0.25) is 0 Å². The molecule has 0 radical (unpaired) electrons. The van der Waals surface area contributed by atoms with Gasteiger partial charge in [0.15, 0.2) is 17.5 Å². The monoisotopic (exact) mass is 463 g/mol. The van der Waals surface area contributed by atoms with Crippen LogP contribution in [0.4, 0.5) is 0 Å². The maximum atomic E-state index is 4.96. The van der Waals surface area contributed by atoms with Crippen LogP contribution in [0.5, 0.6) is 0 Å². The van der Waals surface area contributed by atoms with E-state index in [2.05, 4.69) is 96.1 Å². The summed E-state index contributed by atoms with van der Waals surface area (Å²) in [6.07, 6.45) is 6.24. The largest absolute Gasteiger partial charge is 0.208 e. The molecule has 180 valence electrons. The van der Waals surface area contributed by atoms with Gasteiger partial charge in [0.1, 0.15) is 0 Å². The first-order valence-corrected chi connectivity index (χ1v) is 12.9. The molecule has 0 aliphatic rings. The summed E-state index contributed by atoms with van der Waals surface area (Å²) < 4.78 is 0. The lowest BCUT2D eigenvalue weighted by Gasteiger charge is -2.13. The average molecular weight is 464 g/mol. The fourth-order valence-corrected chi connectivity index (χ4v) is 4.41. The summed E-state index contributed by atoms with van der Waals surface area (Å²) in [6, 6.07) is 19.5. The Morgan fingerprint density at radius 1 is 0.543 bits per heavy atom. The second-order valence-corrected chi connectivity index (χ2v) is 9.79. The van der Waals surface area contributed by atoms with Crippen LogP contribution in [0.15, 0.2) is 54.6 Å². The van der Waals surface area contributed by atoms with E-state index in [-0.39, 0.29) is 0 Å². The zero-order chi connectivity index (χ0) is 24.9. The summed E-state index contributed by atoms with van der Waals surface area (Å²) in [5, 5.41) is 0. The summed E-state index contributed by atoms with van der Waals surface area (Å²) in [7, 11) is 0. The molecule has 0 N–H and O–H groups in total. The zero-order valence-corrected chi connectivity index (χ0v) is 22.1. The summed E-state index contributed by atoms with van der Waals surface area (Å²) >= 11 is 0. The third-order valence-electron chi connectivity index (χ3n) is 7.23. The first kappa shape index (κ1) is 24.8. The molecular formula is C32H37N3. The van der Waals surface area contributed by atoms with E-state index in [0.29, 0.717) is 0 Å². The summed E-state index contributed by atoms with van der Waals surface area (Å²) in [4.78, 5) is 14.9. The molecule has 0 bridgehead atoms. The van der Waals surface area contributed by atoms with Gasteiger partial charge in [-0.3, -0.25) is 0 Å². The standard InChI is InChI=1S/C32H37N3/c1-7-8-9-10-11-26-14-17-27(18-15-26)30-33-31(28-16-12-21(2)23(4)20-28)35-32(34-30)29-19-13-22(3)24(5)25(29)6/h12-20H,7-11H2,1-6H3. The topological polar surface area (TPSA) is 38.7 Å². The smallest absolute Gasteiger partial charge is 0.164 e. The van der Waals surface area contributed by atoms with Crippen LogP contribution in [0.2, 0.25) is 0 Å². The van der Waals surface area contributed by atoms with Gasteiger partial charge < -0.3 is 0 Å². The van der Waals surface area contributed by atoms with Crippen LogP contribution in [0, 0.1) is 34.6 Å². The SMILES string of the molecule is CCCCCCc1ccc(-c2nc(-c3ccc(C)c(C)c3)nc(-c3ccc(C)c(C)c3C)n2)cc1. The number of hydrogen-bond donors (Lipinski definition) is 0. The molecule has 0 atom stereocenters. The van der Waals surface area contributed by atoms with Crippen molar-refractivity contribution in [3.8, 4) is 34.2 Å². The van der Waals surface area contributed by atoms with Crippen molar-refractivity contribution in [3.05, 3.63) is 88.0 Å². The molecule has 0 aliphatic heterocycles. The van der Waals surface area contributed by atoms with Crippen molar-refractivity contribution in [3.63, 3.8) is 0 Å². The van der Waals surface area contributed by atoms with Crippen molar-refractivity contribution >= 4 is 0 Å². The molecule has 0 aliphatic carbocycles. The van der Waals surface area contributed by atoms with Gasteiger partial charge in [-0.05, 0) is 86.9 Å². The third kappa shape index (κ3) is 5.67. The predicted molar refractivity (Wildman–Crippen MR) is 148 cm³/mol. The molecule has 4 rings (SSSR count). The van der Waals surface area contributed by atoms with Crippen molar-refractivity contribution in [2.75, 3.05) is 0 Å². The Morgan fingerprint density at radius 2 is 1.17 bits per heavy atom. The van der Waals surface area contributed by atoms with Gasteiger partial charge in [-0.1, -0.05) is 74.7 Å². The Morgan fingerprint density at radius 3 is 1.86 bits per heavy atom. The maximum Gasteiger partial charge on any atom is 0.164 e. The highest BCUT2D eigenvalue weighted by atomic mass is 15.0. The van der Waals surface area contributed by atoms with E-state index in [1.165, 1.54) is 59.1 Å². The Kier molecular flexibility index (Phi) is 7.75. The van der Waals surface area contributed by atoms with E-state index in [1.807, 2.05) is 0 Å². The first-order chi connectivity index (χ1) is 16.9. The number of aryl methyl sites for hydroxylation is 4. The van der Waals surface area contributed by atoms with E-state index < -0.39 is 0 Å². The van der Waals surface area contributed by atoms with Gasteiger partial charge in [0, 0.05) is 16.7 Å². The molecule has 0 unspecified atom stereocenters. The van der Waals surface area contributed by atoms with Gasteiger partial charge in [-0.2, -0.15) is 0 Å². The van der Waals surface area contributed by atoms with Crippen LogP contribution in [0.3, 0.4) is 0 Å². The average Bonchev–Trinajstić information content (AvgIpc) is 2.87. The highest BCUT2D eigenvalue weighted by Gasteiger charge is 2.15. The lowest BCUT2D eigenvalue weighted by molar-refractivity contribution is 0.667. The Hall–Kier alpha value is -3.33. The number of unbranched alkanes of at least 4 members (excludes halogenated alkanes) is 3. The van der Waals surface area contributed by atoms with Crippen LogP contribution in [0.1, 0.15) is 66.0 Å². The quantitative estimate of drug-likeness (QED) is 0.246. The zero-order valence-electron chi connectivity index (χ0n) is 22.1. The fraction of sp³-hybridized carbons (Fsp3) is 0.344. The molecule has 0 fully saturated rings. The minimum Gasteiger partial charge on any atom is -0.208 e. The molecule has 0 saturated heterocycles. The van der Waals surface area contributed by atoms with Crippen molar-refractivity contribution in [1.82, 2.24) is 15.0 Å². The second kappa shape index (κ2) is 10.9. The Labute approximate surface area is 210 Å². The van der Waals surface area contributed by atoms with E-state index in [4.69, 9.17) is 15.0 Å². The lowest BCUT2D eigenvalue weighted by atomic mass is 9.98. The van der Waals surface area contributed by atoms with E-state index in [0.717, 1.165) is 40.6 Å². The highest BCUT2D eigenvalue weighted by molar-refractivity contribution is 5.69. The van der Waals surface area contributed by atoms with Gasteiger partial charge in [0.05, 0.1) is 0 Å². The van der Waals surface area contributed by atoms with Crippen molar-refractivity contribution in [1.29, 1.82) is 0 Å². The minimum atomic E-state index is 0.717. The van der Waals surface area contributed by atoms with E-state index in [1.54, 1.807) is 0 Å². The van der Waals surface area contributed by atoms with Gasteiger partial charge in [-0.15, -0.1) is 0 Å². The molecular weight excluding hydrogens is 426 g/mol. The first-order valence-electron chi connectivity index (χ1n) is 12.9. The second-order valence-electron chi connectivity index (χ2n) is 9.79. The van der Waals surface area contributed by atoms with Crippen LogP contribution in [0.25, 0.3) is 34.2 Å². The Bertz CT molecular complexity index is 1320. The van der Waals surface area contributed by atoms with Crippen LogP contribution in [-0.2, 0) is 6.42 Å². The Balaban J connectivity index is 1.77. The maximum absolute atomic E-state index is 4.96. The molecule has 4 aromatic rings. The minimum absolute atomic E-state index is 0.717. The summed E-state index contributed by atoms with van der Waals surface area (Å²) in [6.45, 7) is 13.0. The molecule has 35 heavy (non-hydrogen) atoms. The summed E-state index contributed by atoms with van der Waals surface area (Å²) in [5.41, 5.74) is 10.8. The van der Waals surface area contributed by atoms with Gasteiger partial charge in [0.25, 0.3) is 0 Å². The molecule has 0 amide bonds. The van der Waals surface area contributed by atoms with Gasteiger partial charge >= 0.3 is 0 Å². The van der Waals surface area contributed by atoms with E-state index >= 15 is 0 Å². The van der Waals surface area contributed by atoms with Crippen LogP contribution < -0.4 is 0 Å². The summed E-state index contributed by atoms with van der Waals surface area (Å²) in [5.74, 6) is 2.17. The highest BCUT2D eigenvalue weighted by Crippen LogP contribution is 2.29. The third-order valence-corrected chi connectivity index (χ3v) is 7.23. The predicted octanol–water partition coefficient (Wildman–Crippen LogP) is 8.54. The number of nitrogens with zero attached hydrogens (tertiary/aromatic N) is 3. The number of hydrogen-bond acceptors (Lipinski definition) is 3. The number of rotatable bonds is 8. The molecule has 0 spiro atoms. The molecule has 1 heterocycles. The molecule has 1 aromatic heterocycles. The molecule has 3 heteroatoms. The normalized spacial score (nSPS) is 11.1. The number of benzene rings is 3. The fourth-order valence-electron chi connectivity index (χ4n) is 4.41. The van der Waals surface area contributed by atoms with Crippen molar-refractivity contribution < 1.29 is 0 Å². The van der Waals surface area contributed by atoms with Crippen LogP contribution in [-0.4, -0.2) is 15.0 Å². The lowest BCUT2D eigenvalue weighted by Crippen LogP contribution is -2.02. The number of aromatic nitrogens is 3. The van der Waals surface area contributed by atoms with E-state index in [9.17, 15) is 0 Å².